The molecule has 0 radical (unpaired) electrons. The molecule has 0 spiro atoms. The summed E-state index contributed by atoms with van der Waals surface area (Å²) in [4.78, 5) is 0. The van der Waals surface area contributed by atoms with Crippen LogP contribution in [0.1, 0.15) is 69.9 Å². The quantitative estimate of drug-likeness (QED) is 0.180. The van der Waals surface area contributed by atoms with Crippen molar-refractivity contribution in [1.29, 1.82) is 0 Å². The molecule has 6 unspecified atom stereocenters. The molecule has 0 heterocycles. The molecule has 3 rings (SSSR count). The van der Waals surface area contributed by atoms with Gasteiger partial charge in [0.2, 0.25) is 0 Å². The molecular weight excluding hydrogens is 559 g/mol. The predicted molar refractivity (Wildman–Crippen MR) is 126 cm³/mol. The molecule has 13 heteroatoms. The maximum absolute atomic E-state index is 14.1. The minimum absolute atomic E-state index is 0.0957. The number of alkyl halides is 9. The van der Waals surface area contributed by atoms with Crippen LogP contribution < -0.4 is 0 Å². The zero-order chi connectivity index (χ0) is 30.1. The fraction of sp³-hybridized carbons (Fsp3) is 0.778. The van der Waals surface area contributed by atoms with E-state index in [2.05, 4.69) is 9.47 Å². The predicted octanol–water partition coefficient (Wildman–Crippen LogP) is 8.26. The van der Waals surface area contributed by atoms with Crippen LogP contribution in [0.2, 0.25) is 0 Å². The van der Waals surface area contributed by atoms with Gasteiger partial charge in [-0.25, -0.2) is 0 Å². The molecule has 0 saturated heterocycles. The Kier molecular flexibility index (Phi) is 9.85. The van der Waals surface area contributed by atoms with E-state index in [1.165, 1.54) is 12.1 Å². The van der Waals surface area contributed by atoms with Gasteiger partial charge in [-0.3, -0.25) is 0 Å². The van der Waals surface area contributed by atoms with Crippen LogP contribution in [-0.2, 0) is 24.5 Å². The monoisotopic (exact) mass is 594 g/mol. The molecule has 1 aromatic rings. The van der Waals surface area contributed by atoms with E-state index in [0.29, 0.717) is 12.8 Å². The third-order valence-corrected chi connectivity index (χ3v) is 8.59. The second-order valence-electron chi connectivity index (χ2n) is 11.0. The number of hydrogen-bond donors (Lipinski definition) is 0. The number of ether oxygens (including phenoxy) is 4. The van der Waals surface area contributed by atoms with E-state index in [0.717, 1.165) is 26.0 Å². The number of benzene rings is 1. The summed E-state index contributed by atoms with van der Waals surface area (Å²) in [6, 6.07) is 5.85. The average Bonchev–Trinajstić information content (AvgIpc) is 3.44. The lowest BCUT2D eigenvalue weighted by atomic mass is 9.78. The van der Waals surface area contributed by atoms with Crippen molar-refractivity contribution in [3.8, 4) is 0 Å². The minimum Gasteiger partial charge on any atom is -0.359 e. The van der Waals surface area contributed by atoms with E-state index in [1.807, 2.05) is 13.8 Å². The van der Waals surface area contributed by atoms with E-state index in [4.69, 9.17) is 9.47 Å². The summed E-state index contributed by atoms with van der Waals surface area (Å²) in [5, 5.41) is 0. The van der Waals surface area contributed by atoms with Gasteiger partial charge in [0.1, 0.15) is 13.6 Å². The summed E-state index contributed by atoms with van der Waals surface area (Å²) in [6.45, 7) is 2.70. The molecule has 2 aliphatic carbocycles. The standard InChI is InChI=1S/C27H35F9O4/c1-5-16(2)18-6-8-20(9-7-18)23(3,25(28,29)30)39-15-38-22-12-17-10-19(21(22)11-17)13-24(26(31,32)33,27(34,35)36)40-14-37-4/h6-9,16-17,19,21-22H,5,10-15H2,1-4H3. The van der Waals surface area contributed by atoms with Gasteiger partial charge in [-0.15, -0.1) is 0 Å². The Bertz CT molecular complexity index is 947. The number of methoxy groups -OCH3 is 1. The van der Waals surface area contributed by atoms with Gasteiger partial charge in [-0.2, -0.15) is 39.5 Å². The fourth-order valence-corrected chi connectivity index (χ4v) is 5.93. The van der Waals surface area contributed by atoms with Crippen molar-refractivity contribution in [1.82, 2.24) is 0 Å². The Morgan fingerprint density at radius 2 is 1.43 bits per heavy atom. The molecule has 0 aromatic heterocycles. The van der Waals surface area contributed by atoms with Gasteiger partial charge in [-0.05, 0) is 73.8 Å². The molecule has 6 atom stereocenters. The Balaban J connectivity index is 1.73. The second-order valence-corrected chi connectivity index (χ2v) is 11.0. The summed E-state index contributed by atoms with van der Waals surface area (Å²) in [5.41, 5.74) is -6.48. The lowest BCUT2D eigenvalue weighted by molar-refractivity contribution is -0.397. The van der Waals surface area contributed by atoms with Crippen LogP contribution in [0.4, 0.5) is 39.5 Å². The topological polar surface area (TPSA) is 36.9 Å². The summed E-state index contributed by atoms with van der Waals surface area (Å²) >= 11 is 0. The van der Waals surface area contributed by atoms with Crippen LogP contribution in [0.25, 0.3) is 0 Å². The van der Waals surface area contributed by atoms with Gasteiger partial charge in [0.15, 0.2) is 5.60 Å². The van der Waals surface area contributed by atoms with Crippen molar-refractivity contribution >= 4 is 0 Å². The van der Waals surface area contributed by atoms with Gasteiger partial charge in [0, 0.05) is 7.11 Å². The Morgan fingerprint density at radius 3 is 1.90 bits per heavy atom. The van der Waals surface area contributed by atoms with E-state index >= 15 is 0 Å². The molecule has 0 N–H and O–H groups in total. The van der Waals surface area contributed by atoms with Crippen molar-refractivity contribution in [2.75, 3.05) is 20.7 Å². The lowest BCUT2D eigenvalue weighted by Gasteiger charge is -2.41. The van der Waals surface area contributed by atoms with Crippen LogP contribution in [-0.4, -0.2) is 50.9 Å². The molecule has 2 aliphatic rings. The van der Waals surface area contributed by atoms with Crippen LogP contribution in [0, 0.1) is 17.8 Å². The van der Waals surface area contributed by atoms with Gasteiger partial charge >= 0.3 is 18.5 Å². The van der Waals surface area contributed by atoms with E-state index < -0.39 is 67.7 Å². The summed E-state index contributed by atoms with van der Waals surface area (Å²) < 4.78 is 145. The van der Waals surface area contributed by atoms with E-state index in [1.54, 1.807) is 12.1 Å². The van der Waals surface area contributed by atoms with Crippen molar-refractivity contribution < 1.29 is 58.5 Å². The van der Waals surface area contributed by atoms with Crippen molar-refractivity contribution in [3.05, 3.63) is 35.4 Å². The number of rotatable bonds is 12. The van der Waals surface area contributed by atoms with Gasteiger partial charge in [-0.1, -0.05) is 38.1 Å². The summed E-state index contributed by atoms with van der Waals surface area (Å²) in [6.07, 6.45) is -17.1. The first-order valence-electron chi connectivity index (χ1n) is 13.1. The van der Waals surface area contributed by atoms with Crippen molar-refractivity contribution in [2.24, 2.45) is 17.8 Å². The van der Waals surface area contributed by atoms with E-state index in [9.17, 15) is 39.5 Å². The highest BCUT2D eigenvalue weighted by Gasteiger charge is 2.73. The Labute approximate surface area is 227 Å². The third-order valence-electron chi connectivity index (χ3n) is 8.59. The smallest absolute Gasteiger partial charge is 0.359 e. The first-order valence-corrected chi connectivity index (χ1v) is 13.1. The van der Waals surface area contributed by atoms with Crippen LogP contribution >= 0.6 is 0 Å². The highest BCUT2D eigenvalue weighted by atomic mass is 19.4. The number of fused-ring (bicyclic) bond motifs is 2. The molecule has 2 fully saturated rings. The molecular formula is C27H35F9O4. The highest BCUT2D eigenvalue weighted by molar-refractivity contribution is 5.30. The first-order chi connectivity index (χ1) is 18.4. The third kappa shape index (κ3) is 6.42. The second kappa shape index (κ2) is 12.0. The van der Waals surface area contributed by atoms with Crippen LogP contribution in [0.15, 0.2) is 24.3 Å². The first kappa shape index (κ1) is 32.9. The molecule has 40 heavy (non-hydrogen) atoms. The molecule has 230 valence electrons. The Morgan fingerprint density at radius 1 is 0.825 bits per heavy atom. The molecule has 1 aromatic carbocycles. The number of halogens is 9. The van der Waals surface area contributed by atoms with Crippen molar-refractivity contribution in [3.63, 3.8) is 0 Å². The Hall–Kier alpha value is -1.57. The number of hydrogen-bond acceptors (Lipinski definition) is 4. The molecule has 0 aliphatic heterocycles. The fourth-order valence-electron chi connectivity index (χ4n) is 5.93. The molecule has 2 saturated carbocycles. The highest BCUT2D eigenvalue weighted by Crippen LogP contribution is 2.57. The van der Waals surface area contributed by atoms with Crippen LogP contribution in [0.3, 0.4) is 0 Å². The van der Waals surface area contributed by atoms with Crippen LogP contribution in [0.5, 0.6) is 0 Å². The van der Waals surface area contributed by atoms with E-state index in [-0.39, 0.29) is 23.8 Å². The van der Waals surface area contributed by atoms with Crippen molar-refractivity contribution in [2.45, 2.75) is 94.6 Å². The SMILES string of the molecule is CCC(C)c1ccc(C(C)(OCOC2CC3CC(CC(OCOC)(C(F)(F)F)C(F)(F)F)C2C3)C(F)(F)F)cc1. The van der Waals surface area contributed by atoms with Gasteiger partial charge in [0.25, 0.3) is 5.60 Å². The maximum atomic E-state index is 14.1. The van der Waals surface area contributed by atoms with Gasteiger partial charge < -0.3 is 18.9 Å². The zero-order valence-corrected chi connectivity index (χ0v) is 22.7. The van der Waals surface area contributed by atoms with Gasteiger partial charge in [0.05, 0.1) is 6.10 Å². The zero-order valence-electron chi connectivity index (χ0n) is 22.7. The summed E-state index contributed by atoms with van der Waals surface area (Å²) in [7, 11) is 0.910. The molecule has 2 bridgehead atoms. The normalized spacial score (nSPS) is 26.2. The molecule has 4 nitrogen and oxygen atoms in total. The summed E-state index contributed by atoms with van der Waals surface area (Å²) in [5.74, 6) is -1.88. The molecule has 0 amide bonds. The lowest BCUT2D eigenvalue weighted by Crippen LogP contribution is -2.60. The maximum Gasteiger partial charge on any atom is 0.426 e. The average molecular weight is 595 g/mol. The largest absolute Gasteiger partial charge is 0.426 e. The minimum atomic E-state index is -5.77.